The molecule has 0 saturated heterocycles. The number of nitrogens with zero attached hydrogens (tertiary/aromatic N) is 4. The van der Waals surface area contributed by atoms with Crippen LogP contribution in [0.25, 0.3) is 11.4 Å². The highest BCUT2D eigenvalue weighted by molar-refractivity contribution is 9.10. The van der Waals surface area contributed by atoms with E-state index in [2.05, 4.69) is 31.3 Å². The summed E-state index contributed by atoms with van der Waals surface area (Å²) >= 11 is 3.39. The van der Waals surface area contributed by atoms with E-state index in [1.54, 1.807) is 7.11 Å². The van der Waals surface area contributed by atoms with Crippen molar-refractivity contribution in [2.45, 2.75) is 19.3 Å². The van der Waals surface area contributed by atoms with Crippen molar-refractivity contribution in [1.29, 1.82) is 0 Å². The van der Waals surface area contributed by atoms with Gasteiger partial charge < -0.3 is 14.6 Å². The molecule has 0 aliphatic heterocycles. The predicted molar refractivity (Wildman–Crippen MR) is 99.6 cm³/mol. The molecule has 0 fully saturated rings. The van der Waals surface area contributed by atoms with E-state index in [1.807, 2.05) is 48.5 Å². The van der Waals surface area contributed by atoms with Crippen LogP contribution in [0.4, 0.5) is 0 Å². The monoisotopic (exact) mass is 418 g/mol. The normalized spacial score (nSPS) is 12.1. The van der Waals surface area contributed by atoms with Crippen LogP contribution >= 0.6 is 15.9 Å². The minimum absolute atomic E-state index is 0.182. The Balaban J connectivity index is 1.47. The van der Waals surface area contributed by atoms with Gasteiger partial charge in [-0.1, -0.05) is 28.1 Å². The lowest BCUT2D eigenvalue weighted by Crippen LogP contribution is -2.23. The Morgan fingerprint density at radius 1 is 1.12 bits per heavy atom. The van der Waals surface area contributed by atoms with Crippen LogP contribution in [-0.2, 0) is 17.9 Å². The number of rotatable bonds is 8. The van der Waals surface area contributed by atoms with Crippen LogP contribution in [0.15, 0.2) is 53.0 Å². The quantitative estimate of drug-likeness (QED) is 0.605. The second-order valence-corrected chi connectivity index (χ2v) is 6.61. The van der Waals surface area contributed by atoms with Crippen molar-refractivity contribution in [3.05, 3.63) is 58.6 Å². The highest BCUT2D eigenvalue weighted by Crippen LogP contribution is 2.17. The van der Waals surface area contributed by atoms with Gasteiger partial charge in [0.05, 0.1) is 33.0 Å². The Hall–Kier alpha value is -2.29. The van der Waals surface area contributed by atoms with Gasteiger partial charge in [-0.25, -0.2) is 0 Å². The van der Waals surface area contributed by atoms with Crippen LogP contribution in [0, 0.1) is 0 Å². The van der Waals surface area contributed by atoms with Crippen LogP contribution in [0.1, 0.15) is 5.56 Å². The third-order valence-electron chi connectivity index (χ3n) is 3.67. The number of halogens is 1. The largest absolute Gasteiger partial charge is 0.497 e. The van der Waals surface area contributed by atoms with Gasteiger partial charge >= 0.3 is 0 Å². The van der Waals surface area contributed by atoms with Gasteiger partial charge in [-0.3, -0.25) is 0 Å². The summed E-state index contributed by atoms with van der Waals surface area (Å²) in [5.74, 6) is 1.32. The fourth-order valence-electron chi connectivity index (χ4n) is 2.31. The summed E-state index contributed by atoms with van der Waals surface area (Å²) in [6, 6.07) is 15.2. The number of hydrogen-bond donors (Lipinski definition) is 1. The molecule has 0 spiro atoms. The summed E-state index contributed by atoms with van der Waals surface area (Å²) in [7, 11) is 1.63. The van der Waals surface area contributed by atoms with E-state index in [9.17, 15) is 5.11 Å². The molecule has 1 heterocycles. The Labute approximate surface area is 159 Å². The molecule has 0 saturated carbocycles. The molecular formula is C18H19BrN4O3. The molecule has 1 unspecified atom stereocenters. The Morgan fingerprint density at radius 3 is 2.54 bits per heavy atom. The second-order valence-electron chi connectivity index (χ2n) is 5.69. The summed E-state index contributed by atoms with van der Waals surface area (Å²) < 4.78 is 11.6. The van der Waals surface area contributed by atoms with Crippen LogP contribution in [0.2, 0.25) is 0 Å². The highest BCUT2D eigenvalue weighted by Gasteiger charge is 2.11. The van der Waals surface area contributed by atoms with Crippen LogP contribution in [0.3, 0.4) is 0 Å². The van der Waals surface area contributed by atoms with Gasteiger partial charge in [0.25, 0.3) is 0 Å². The highest BCUT2D eigenvalue weighted by atomic mass is 79.9. The van der Waals surface area contributed by atoms with Gasteiger partial charge in [-0.05, 0) is 47.2 Å². The SMILES string of the molecule is COc1ccc(COCC(O)Cn2nnc(-c3ccc(Br)cc3)n2)cc1. The maximum Gasteiger partial charge on any atom is 0.204 e. The second kappa shape index (κ2) is 8.88. The van der Waals surface area contributed by atoms with E-state index in [0.29, 0.717) is 12.4 Å². The van der Waals surface area contributed by atoms with Gasteiger partial charge in [0, 0.05) is 10.0 Å². The Morgan fingerprint density at radius 2 is 1.85 bits per heavy atom. The molecule has 2 aromatic carbocycles. The number of aromatic nitrogens is 4. The molecule has 7 nitrogen and oxygen atoms in total. The van der Waals surface area contributed by atoms with E-state index >= 15 is 0 Å². The average molecular weight is 419 g/mol. The number of hydrogen-bond acceptors (Lipinski definition) is 6. The number of methoxy groups -OCH3 is 1. The average Bonchev–Trinajstić information content (AvgIpc) is 3.11. The molecule has 0 bridgehead atoms. The molecule has 0 aliphatic carbocycles. The summed E-state index contributed by atoms with van der Waals surface area (Å²) in [5, 5.41) is 22.4. The van der Waals surface area contributed by atoms with E-state index in [0.717, 1.165) is 21.3 Å². The van der Waals surface area contributed by atoms with Gasteiger partial charge in [0.2, 0.25) is 5.82 Å². The third-order valence-corrected chi connectivity index (χ3v) is 4.20. The van der Waals surface area contributed by atoms with Crippen molar-refractivity contribution in [2.24, 2.45) is 0 Å². The lowest BCUT2D eigenvalue weighted by atomic mass is 10.2. The number of tetrazole rings is 1. The van der Waals surface area contributed by atoms with Crippen molar-refractivity contribution < 1.29 is 14.6 Å². The zero-order valence-corrected chi connectivity index (χ0v) is 15.8. The molecule has 3 aromatic rings. The first kappa shape index (κ1) is 18.5. The fraction of sp³-hybridized carbons (Fsp3) is 0.278. The summed E-state index contributed by atoms with van der Waals surface area (Å²) in [5.41, 5.74) is 1.87. The molecule has 8 heteroatoms. The number of aliphatic hydroxyl groups is 1. The van der Waals surface area contributed by atoms with Crippen molar-refractivity contribution >= 4 is 15.9 Å². The number of benzene rings is 2. The molecule has 1 aromatic heterocycles. The molecule has 0 amide bonds. The standard InChI is InChI=1S/C18H19BrN4O3/c1-25-17-8-2-13(3-9-17)11-26-12-16(24)10-23-21-18(20-22-23)14-4-6-15(19)7-5-14/h2-9,16,24H,10-12H2,1H3. The molecule has 0 aliphatic rings. The molecular weight excluding hydrogens is 400 g/mol. The predicted octanol–water partition coefficient (Wildman–Crippen LogP) is 2.69. The maximum atomic E-state index is 10.1. The lowest BCUT2D eigenvalue weighted by Gasteiger charge is -2.10. The van der Waals surface area contributed by atoms with Crippen LogP contribution < -0.4 is 4.74 Å². The number of ether oxygens (including phenoxy) is 2. The maximum absolute atomic E-state index is 10.1. The van der Waals surface area contributed by atoms with Crippen LogP contribution in [-0.4, -0.2) is 45.1 Å². The Kier molecular flexibility index (Phi) is 6.32. The van der Waals surface area contributed by atoms with Crippen molar-refractivity contribution in [3.8, 4) is 17.1 Å². The molecule has 1 atom stereocenters. The van der Waals surface area contributed by atoms with E-state index < -0.39 is 6.10 Å². The molecule has 26 heavy (non-hydrogen) atoms. The first-order chi connectivity index (χ1) is 12.6. The number of aliphatic hydroxyl groups excluding tert-OH is 1. The molecule has 136 valence electrons. The Bertz CT molecular complexity index is 821. The molecule has 0 radical (unpaired) electrons. The van der Waals surface area contributed by atoms with Crippen molar-refractivity contribution in [2.75, 3.05) is 13.7 Å². The minimum Gasteiger partial charge on any atom is -0.497 e. The first-order valence-corrected chi connectivity index (χ1v) is 8.86. The summed E-state index contributed by atoms with van der Waals surface area (Å²) in [6.07, 6.45) is -0.722. The van der Waals surface area contributed by atoms with Gasteiger partial charge in [-0.2, -0.15) is 4.80 Å². The van der Waals surface area contributed by atoms with Gasteiger partial charge in [0.1, 0.15) is 5.75 Å². The summed E-state index contributed by atoms with van der Waals surface area (Å²) in [4.78, 5) is 1.37. The van der Waals surface area contributed by atoms with E-state index in [4.69, 9.17) is 9.47 Å². The third kappa shape index (κ3) is 5.10. The van der Waals surface area contributed by atoms with Crippen molar-refractivity contribution in [1.82, 2.24) is 20.2 Å². The first-order valence-electron chi connectivity index (χ1n) is 8.06. The molecule has 1 N–H and O–H groups in total. The smallest absolute Gasteiger partial charge is 0.204 e. The zero-order valence-electron chi connectivity index (χ0n) is 14.2. The van der Waals surface area contributed by atoms with Gasteiger partial charge in [-0.15, -0.1) is 10.2 Å². The minimum atomic E-state index is -0.722. The zero-order chi connectivity index (χ0) is 18.4. The van der Waals surface area contributed by atoms with Gasteiger partial charge in [0.15, 0.2) is 0 Å². The molecule has 3 rings (SSSR count). The van der Waals surface area contributed by atoms with E-state index in [1.165, 1.54) is 4.80 Å². The summed E-state index contributed by atoms with van der Waals surface area (Å²) in [6.45, 7) is 0.809. The van der Waals surface area contributed by atoms with Crippen molar-refractivity contribution in [3.63, 3.8) is 0 Å². The topological polar surface area (TPSA) is 82.3 Å². The fourth-order valence-corrected chi connectivity index (χ4v) is 2.58. The lowest BCUT2D eigenvalue weighted by molar-refractivity contribution is 0.0165. The van der Waals surface area contributed by atoms with E-state index in [-0.39, 0.29) is 13.2 Å². The van der Waals surface area contributed by atoms with Crippen LogP contribution in [0.5, 0.6) is 5.75 Å².